The van der Waals surface area contributed by atoms with Crippen molar-refractivity contribution < 1.29 is 10.2 Å². The number of hydrogen-bond donors (Lipinski definition) is 2. The van der Waals surface area contributed by atoms with E-state index >= 15 is 0 Å². The smallest absolute Gasteiger partial charge is 0.0662 e. The van der Waals surface area contributed by atoms with E-state index in [2.05, 4.69) is 0 Å². The quantitative estimate of drug-likeness (QED) is 0.412. The maximum atomic E-state index is 7.62. The zero-order valence-corrected chi connectivity index (χ0v) is 4.43. The van der Waals surface area contributed by atoms with Gasteiger partial charge in [0.15, 0.2) is 0 Å². The molecule has 3 heteroatoms. The van der Waals surface area contributed by atoms with Crippen molar-refractivity contribution in [1.82, 2.24) is 0 Å². The van der Waals surface area contributed by atoms with Crippen molar-refractivity contribution in [1.29, 1.82) is 0 Å². The third kappa shape index (κ3) is 13.2. The fraction of sp³-hybridized carbons (Fsp3) is 1.00. The molecule has 0 radical (unpaired) electrons. The molecule has 2 N–H and O–H groups in total. The van der Waals surface area contributed by atoms with Gasteiger partial charge >= 0.3 is 0 Å². The molecule has 0 aliphatic carbocycles. The van der Waals surface area contributed by atoms with Crippen LogP contribution in [0.25, 0.3) is 0 Å². The SMILES string of the molecule is OCCO.P. The first-order chi connectivity index (χ1) is 1.91. The molecule has 0 aromatic heterocycles. The second-order valence-corrected chi connectivity index (χ2v) is 0.447. The Labute approximate surface area is 34.4 Å². The molecule has 0 aromatic rings. The predicted octanol–water partition coefficient (Wildman–Crippen LogP) is -0.971. The van der Waals surface area contributed by atoms with Gasteiger partial charge in [-0.3, -0.25) is 0 Å². The van der Waals surface area contributed by atoms with E-state index in [1.54, 1.807) is 0 Å². The van der Waals surface area contributed by atoms with Gasteiger partial charge in [-0.15, -0.1) is 0 Å². The number of aliphatic hydroxyl groups is 2. The summed E-state index contributed by atoms with van der Waals surface area (Å²) < 4.78 is 0. The topological polar surface area (TPSA) is 40.5 Å². The Morgan fingerprint density at radius 2 is 1.20 bits per heavy atom. The highest BCUT2D eigenvalue weighted by atomic mass is 31.0. The molecule has 0 heterocycles. The van der Waals surface area contributed by atoms with Crippen LogP contribution in [0, 0.1) is 0 Å². The first kappa shape index (κ1) is 9.02. The van der Waals surface area contributed by atoms with Crippen molar-refractivity contribution in [3.8, 4) is 0 Å². The monoisotopic (exact) mass is 96.0 g/mol. The molecule has 0 aliphatic rings. The van der Waals surface area contributed by atoms with E-state index in [4.69, 9.17) is 10.2 Å². The van der Waals surface area contributed by atoms with Gasteiger partial charge in [-0.05, 0) is 0 Å². The van der Waals surface area contributed by atoms with Crippen LogP contribution in [-0.4, -0.2) is 23.4 Å². The first-order valence-electron chi connectivity index (χ1n) is 1.13. The highest BCUT2D eigenvalue weighted by Gasteiger charge is 1.58. The van der Waals surface area contributed by atoms with E-state index in [0.29, 0.717) is 0 Å². The second-order valence-electron chi connectivity index (χ2n) is 0.447. The first-order valence-corrected chi connectivity index (χ1v) is 1.13. The minimum atomic E-state index is -0.125. The number of hydrogen-bond acceptors (Lipinski definition) is 2. The molecular weight excluding hydrogens is 87.0 g/mol. The summed E-state index contributed by atoms with van der Waals surface area (Å²) >= 11 is 0. The van der Waals surface area contributed by atoms with Crippen LogP contribution >= 0.6 is 9.90 Å². The van der Waals surface area contributed by atoms with Crippen LogP contribution in [-0.2, 0) is 0 Å². The Morgan fingerprint density at radius 3 is 1.20 bits per heavy atom. The summed E-state index contributed by atoms with van der Waals surface area (Å²) in [7, 11) is 0. The van der Waals surface area contributed by atoms with Crippen molar-refractivity contribution >= 4 is 9.90 Å². The molecule has 2 nitrogen and oxygen atoms in total. The molecule has 0 spiro atoms. The minimum Gasteiger partial charge on any atom is -0.394 e. The Bertz CT molecular complexity index is 9.61. The number of rotatable bonds is 1. The average molecular weight is 96.1 g/mol. The minimum absolute atomic E-state index is 0. The second kappa shape index (κ2) is 8.84. The third-order valence-corrected chi connectivity index (χ3v) is 0.1000. The normalized spacial score (nSPS) is 6.00. The fourth-order valence-electron chi connectivity index (χ4n) is 0. The summed E-state index contributed by atoms with van der Waals surface area (Å²) in [6, 6.07) is 0. The molecule has 0 fully saturated rings. The van der Waals surface area contributed by atoms with Gasteiger partial charge < -0.3 is 10.2 Å². The van der Waals surface area contributed by atoms with E-state index < -0.39 is 0 Å². The van der Waals surface area contributed by atoms with Crippen molar-refractivity contribution in [3.63, 3.8) is 0 Å². The fourth-order valence-corrected chi connectivity index (χ4v) is 0. The van der Waals surface area contributed by atoms with E-state index in [9.17, 15) is 0 Å². The summed E-state index contributed by atoms with van der Waals surface area (Å²) in [4.78, 5) is 0. The zero-order valence-electron chi connectivity index (χ0n) is 3.02. The Hall–Kier alpha value is 0.350. The molecule has 1 atom stereocenters. The van der Waals surface area contributed by atoms with E-state index in [1.165, 1.54) is 0 Å². The maximum absolute atomic E-state index is 7.62. The van der Waals surface area contributed by atoms with E-state index in [-0.39, 0.29) is 23.1 Å². The Balaban J connectivity index is 0. The molecule has 5 heavy (non-hydrogen) atoms. The van der Waals surface area contributed by atoms with Crippen molar-refractivity contribution in [2.45, 2.75) is 0 Å². The molecule has 0 amide bonds. The van der Waals surface area contributed by atoms with Gasteiger partial charge in [-0.25, -0.2) is 0 Å². The van der Waals surface area contributed by atoms with Gasteiger partial charge in [-0.1, -0.05) is 0 Å². The molecule has 0 aliphatic heterocycles. The Morgan fingerprint density at radius 1 is 1.00 bits per heavy atom. The van der Waals surface area contributed by atoms with Crippen LogP contribution in [0.2, 0.25) is 0 Å². The van der Waals surface area contributed by atoms with Crippen molar-refractivity contribution in [2.75, 3.05) is 13.2 Å². The zero-order chi connectivity index (χ0) is 3.41. The van der Waals surface area contributed by atoms with Crippen LogP contribution in [0.5, 0.6) is 0 Å². The lowest BCUT2D eigenvalue weighted by atomic mass is 10.8. The largest absolute Gasteiger partial charge is 0.394 e. The molecule has 0 rings (SSSR count). The van der Waals surface area contributed by atoms with Gasteiger partial charge in [0, 0.05) is 0 Å². The van der Waals surface area contributed by atoms with Gasteiger partial charge in [-0.2, -0.15) is 9.90 Å². The summed E-state index contributed by atoms with van der Waals surface area (Å²) in [5.41, 5.74) is 0. The summed E-state index contributed by atoms with van der Waals surface area (Å²) in [5, 5.41) is 15.2. The van der Waals surface area contributed by atoms with Gasteiger partial charge in [0.1, 0.15) is 0 Å². The van der Waals surface area contributed by atoms with Crippen LogP contribution in [0.4, 0.5) is 0 Å². The molecule has 34 valence electrons. The van der Waals surface area contributed by atoms with Crippen LogP contribution in [0.15, 0.2) is 0 Å². The molecule has 0 saturated heterocycles. The molecule has 0 aromatic carbocycles. The van der Waals surface area contributed by atoms with E-state index in [0.717, 1.165) is 0 Å². The highest BCUT2D eigenvalue weighted by molar-refractivity contribution is 6.92. The van der Waals surface area contributed by atoms with Crippen LogP contribution in [0.3, 0.4) is 0 Å². The highest BCUT2D eigenvalue weighted by Crippen LogP contribution is 1.39. The van der Waals surface area contributed by atoms with Gasteiger partial charge in [0.05, 0.1) is 13.2 Å². The molecule has 0 saturated carbocycles. The average Bonchev–Trinajstić information content (AvgIpc) is 1.37. The summed E-state index contributed by atoms with van der Waals surface area (Å²) in [5.74, 6) is 0. The van der Waals surface area contributed by atoms with Gasteiger partial charge in [0.25, 0.3) is 0 Å². The molecule has 0 bridgehead atoms. The standard InChI is InChI=1S/C2H6O2.H3P/c3-1-2-4;/h3-4H,1-2H2;1H3. The van der Waals surface area contributed by atoms with Crippen LogP contribution < -0.4 is 0 Å². The Kier molecular flexibility index (Phi) is 15.9. The van der Waals surface area contributed by atoms with E-state index in [1.807, 2.05) is 0 Å². The molecule has 1 unspecified atom stereocenters. The lowest BCUT2D eigenvalue weighted by Gasteiger charge is -1.70. The summed E-state index contributed by atoms with van der Waals surface area (Å²) in [6.45, 7) is -0.250. The van der Waals surface area contributed by atoms with Crippen molar-refractivity contribution in [2.24, 2.45) is 0 Å². The maximum Gasteiger partial charge on any atom is 0.0662 e. The van der Waals surface area contributed by atoms with Gasteiger partial charge in [0.2, 0.25) is 0 Å². The third-order valence-electron chi connectivity index (χ3n) is 0.1000. The van der Waals surface area contributed by atoms with Crippen LogP contribution in [0.1, 0.15) is 0 Å². The number of aliphatic hydroxyl groups excluding tert-OH is 2. The predicted molar refractivity (Wildman–Crippen MR) is 25.3 cm³/mol. The summed E-state index contributed by atoms with van der Waals surface area (Å²) in [6.07, 6.45) is 0. The molecular formula is C2H9O2P. The van der Waals surface area contributed by atoms with Crippen molar-refractivity contribution in [3.05, 3.63) is 0 Å². The lowest BCUT2D eigenvalue weighted by molar-refractivity contribution is 0.186. The lowest BCUT2D eigenvalue weighted by Crippen LogP contribution is -1.85.